The van der Waals surface area contributed by atoms with Crippen LogP contribution in [0.2, 0.25) is 0 Å². The largest absolute Gasteiger partial charge is 0.504 e. The number of hydrogen-bond donors (Lipinski definition) is 2. The Labute approximate surface area is 256 Å². The first-order valence-corrected chi connectivity index (χ1v) is 15.5. The van der Waals surface area contributed by atoms with E-state index in [0.29, 0.717) is 45.7 Å². The maximum atomic E-state index is 13.0. The van der Waals surface area contributed by atoms with Crippen LogP contribution in [-0.2, 0) is 31.1 Å². The summed E-state index contributed by atoms with van der Waals surface area (Å²) in [5.41, 5.74) is 2.60. The number of nitrogens with zero attached hydrogens (tertiary/aromatic N) is 3. The first-order chi connectivity index (χ1) is 21.0. The fraction of sp³-hybridized carbons (Fsp3) is 0.484. The number of aryl methyl sites for hydroxylation is 1. The number of esters is 2. The number of hydrogen-bond acceptors (Lipinski definition) is 13. The molecule has 13 heteroatoms. The van der Waals surface area contributed by atoms with Crippen LogP contribution in [0.1, 0.15) is 58.0 Å². The van der Waals surface area contributed by atoms with E-state index in [1.54, 1.807) is 13.8 Å². The summed E-state index contributed by atoms with van der Waals surface area (Å²) in [5.74, 6) is -1.70. The van der Waals surface area contributed by atoms with Crippen molar-refractivity contribution in [1.29, 1.82) is 5.26 Å². The Balaban J connectivity index is 1.49. The molecular weight excluding hydrogens is 590 g/mol. The summed E-state index contributed by atoms with van der Waals surface area (Å²) in [6, 6.07) is 2.26. The van der Waals surface area contributed by atoms with Crippen LogP contribution in [0.5, 0.6) is 28.7 Å². The highest BCUT2D eigenvalue weighted by molar-refractivity contribution is 8.00. The number of ketones is 1. The van der Waals surface area contributed by atoms with E-state index in [2.05, 4.69) is 15.9 Å². The minimum atomic E-state index is -1.11. The molecule has 0 aromatic heterocycles. The molecule has 1 spiro atoms. The quantitative estimate of drug-likeness (QED) is 0.208. The third-order valence-electron chi connectivity index (χ3n) is 10.2. The zero-order chi connectivity index (χ0) is 31.0. The number of benzene rings is 2. The van der Waals surface area contributed by atoms with Gasteiger partial charge in [0.25, 0.3) is 0 Å². The smallest absolute Gasteiger partial charge is 0.375 e. The molecule has 4 bridgehead atoms. The van der Waals surface area contributed by atoms with Crippen LogP contribution in [-0.4, -0.2) is 81.6 Å². The number of thioether (sulfide) groups is 1. The van der Waals surface area contributed by atoms with Crippen LogP contribution >= 0.6 is 11.8 Å². The van der Waals surface area contributed by atoms with Gasteiger partial charge in [-0.2, -0.15) is 5.26 Å². The van der Waals surface area contributed by atoms with Crippen LogP contribution in [0.25, 0.3) is 0 Å². The number of likely N-dealkylation sites (N-methyl/N-ethyl adjacent to an activating group) is 1. The van der Waals surface area contributed by atoms with E-state index in [9.17, 15) is 29.9 Å². The van der Waals surface area contributed by atoms with Crippen molar-refractivity contribution < 1.29 is 43.5 Å². The molecule has 44 heavy (non-hydrogen) atoms. The van der Waals surface area contributed by atoms with Crippen LogP contribution in [0.4, 0.5) is 0 Å². The van der Waals surface area contributed by atoms with Gasteiger partial charge in [-0.3, -0.25) is 19.4 Å². The third kappa shape index (κ3) is 3.28. The fourth-order valence-electron chi connectivity index (χ4n) is 8.45. The number of nitriles is 1. The molecule has 6 aliphatic rings. The Morgan fingerprint density at radius 3 is 2.66 bits per heavy atom. The highest BCUT2D eigenvalue weighted by Crippen LogP contribution is 2.71. The van der Waals surface area contributed by atoms with Crippen molar-refractivity contribution in [2.45, 2.75) is 74.7 Å². The normalized spacial score (nSPS) is 32.9. The van der Waals surface area contributed by atoms with Crippen molar-refractivity contribution in [3.8, 4) is 34.8 Å². The van der Waals surface area contributed by atoms with Crippen molar-refractivity contribution >= 4 is 29.5 Å². The van der Waals surface area contributed by atoms with Crippen LogP contribution in [0.15, 0.2) is 6.07 Å². The topological polar surface area (TPSA) is 159 Å². The molecule has 5 aliphatic heterocycles. The number of phenols is 2. The average Bonchev–Trinajstić information content (AvgIpc) is 3.43. The van der Waals surface area contributed by atoms with Gasteiger partial charge in [-0.1, -0.05) is 6.07 Å². The third-order valence-corrected chi connectivity index (χ3v) is 11.5. The molecule has 1 saturated heterocycles. The molecule has 2 N–H and O–H groups in total. The summed E-state index contributed by atoms with van der Waals surface area (Å²) in [5, 5.41) is 32.6. The summed E-state index contributed by atoms with van der Waals surface area (Å²) < 4.78 is 23.8. The Hall–Kier alpha value is -3.99. The van der Waals surface area contributed by atoms with Gasteiger partial charge in [-0.25, -0.2) is 4.79 Å². The lowest BCUT2D eigenvalue weighted by Crippen LogP contribution is -2.71. The van der Waals surface area contributed by atoms with Crippen LogP contribution in [0, 0.1) is 25.2 Å². The number of carbonyl (C=O) groups excluding carboxylic acids is 3. The van der Waals surface area contributed by atoms with E-state index in [4.69, 9.17) is 18.9 Å². The molecule has 1 aliphatic carbocycles. The first kappa shape index (κ1) is 27.6. The van der Waals surface area contributed by atoms with Gasteiger partial charge in [0, 0.05) is 47.7 Å². The molecule has 2 unspecified atom stereocenters. The van der Waals surface area contributed by atoms with E-state index in [-0.39, 0.29) is 42.3 Å². The van der Waals surface area contributed by atoms with Gasteiger partial charge in [0.05, 0.1) is 28.7 Å². The van der Waals surface area contributed by atoms with Crippen LogP contribution in [0.3, 0.4) is 0 Å². The highest BCUT2D eigenvalue weighted by atomic mass is 32.2. The maximum Gasteiger partial charge on any atom is 0.375 e. The number of phenolic OH excluding ortho intramolecular Hbond substituents is 2. The van der Waals surface area contributed by atoms with Crippen molar-refractivity contribution in [3.63, 3.8) is 0 Å². The summed E-state index contributed by atoms with van der Waals surface area (Å²) >= 11 is 1.20. The van der Waals surface area contributed by atoms with Gasteiger partial charge in [0.2, 0.25) is 12.6 Å². The maximum absolute atomic E-state index is 13.0. The number of piperazine rings is 1. The number of fused-ring (bicyclic) bond motifs is 8. The lowest BCUT2D eigenvalue weighted by molar-refractivity contribution is -0.157. The molecule has 0 amide bonds. The van der Waals surface area contributed by atoms with E-state index in [0.717, 1.165) is 5.56 Å². The predicted molar refractivity (Wildman–Crippen MR) is 153 cm³/mol. The molecule has 5 heterocycles. The van der Waals surface area contributed by atoms with E-state index >= 15 is 0 Å². The van der Waals surface area contributed by atoms with Gasteiger partial charge in [-0.05, 0) is 38.4 Å². The first-order valence-electron chi connectivity index (χ1n) is 14.5. The number of carbonyl (C=O) groups is 3. The van der Waals surface area contributed by atoms with Crippen molar-refractivity contribution in [3.05, 3.63) is 39.4 Å². The SMILES string of the molecule is CC(=O)Oc1c(C)c2c(c3c1[C@H]1SCC(=O)C(=O)O[C@@H]4CC34N3C1[C@H]1c4c(cc(C)c(O)c4O)C[C@@H]([C@@H]3C#N)N1C)OCO2. The standard InChI is InChI=1S/C31H29N3O9S/c1-11-5-14-6-15-16(8-32)34-23(22(33(15)4)19(14)25(38)24(11)37)29-20-21(31(34)7-18(31)43-30(39)17(36)9-44-29)28-27(40-10-41-28)12(2)26(20)42-13(3)35/h5,15-16,18,22-23,29,37-38H,6-7,9-10H2,1-4H3/t15-,16-,18+,22+,23?,29+,31?/m0/s1. The second kappa shape index (κ2) is 9.03. The second-order valence-corrected chi connectivity index (χ2v) is 13.5. The van der Waals surface area contributed by atoms with Crippen molar-refractivity contribution in [1.82, 2.24) is 9.80 Å². The van der Waals surface area contributed by atoms with Gasteiger partial charge in [0.1, 0.15) is 17.9 Å². The minimum absolute atomic E-state index is 0.0675. The van der Waals surface area contributed by atoms with Gasteiger partial charge < -0.3 is 29.2 Å². The summed E-state index contributed by atoms with van der Waals surface area (Å²) in [6.45, 7) is 4.74. The van der Waals surface area contributed by atoms with Gasteiger partial charge in [-0.15, -0.1) is 11.8 Å². The average molecular weight is 620 g/mol. The Bertz CT molecular complexity index is 1770. The van der Waals surface area contributed by atoms with Crippen LogP contribution < -0.4 is 14.2 Å². The molecule has 2 aromatic rings. The number of Topliss-reactive ketones (excluding diaryl/α,β-unsaturated/α-hetero) is 1. The van der Waals surface area contributed by atoms with Crippen molar-refractivity contribution in [2.75, 3.05) is 19.6 Å². The summed E-state index contributed by atoms with van der Waals surface area (Å²) in [4.78, 5) is 42.7. The molecule has 228 valence electrons. The highest BCUT2D eigenvalue weighted by Gasteiger charge is 2.74. The van der Waals surface area contributed by atoms with Gasteiger partial charge in [0.15, 0.2) is 23.0 Å². The Kier molecular flexibility index (Phi) is 5.65. The van der Waals surface area contributed by atoms with E-state index in [1.165, 1.54) is 18.7 Å². The zero-order valence-electron chi connectivity index (χ0n) is 24.4. The predicted octanol–water partition coefficient (Wildman–Crippen LogP) is 2.42. The number of ether oxygens (including phenoxy) is 4. The van der Waals surface area contributed by atoms with Gasteiger partial charge >= 0.3 is 11.9 Å². The number of aromatic hydroxyl groups is 2. The summed E-state index contributed by atoms with van der Waals surface area (Å²) in [6.07, 6.45) is -0.0956. The Morgan fingerprint density at radius 2 is 1.93 bits per heavy atom. The fourth-order valence-corrected chi connectivity index (χ4v) is 9.77. The number of rotatable bonds is 1. The summed E-state index contributed by atoms with van der Waals surface area (Å²) in [7, 11) is 1.90. The molecule has 2 aromatic carbocycles. The molecule has 2 fully saturated rings. The lowest BCUT2D eigenvalue weighted by Gasteiger charge is -2.62. The Morgan fingerprint density at radius 1 is 1.18 bits per heavy atom. The molecule has 0 radical (unpaired) electrons. The van der Waals surface area contributed by atoms with E-state index < -0.39 is 52.7 Å². The molecule has 8 rings (SSSR count). The van der Waals surface area contributed by atoms with E-state index in [1.807, 2.05) is 13.1 Å². The molecule has 12 nitrogen and oxygen atoms in total. The van der Waals surface area contributed by atoms with Crippen molar-refractivity contribution in [2.24, 2.45) is 0 Å². The zero-order valence-corrected chi connectivity index (χ0v) is 25.2. The second-order valence-electron chi connectivity index (χ2n) is 12.4. The molecule has 7 atom stereocenters. The minimum Gasteiger partial charge on any atom is -0.504 e. The monoisotopic (exact) mass is 619 g/mol. The lowest BCUT2D eigenvalue weighted by atomic mass is 9.70. The molecular formula is C31H29N3O9S. The molecule has 1 saturated carbocycles.